The molecular formula is C22H25NO5. The molecule has 3 rings (SSSR count). The van der Waals surface area contributed by atoms with Gasteiger partial charge in [0, 0.05) is 29.3 Å². The number of carbonyl (C=O) groups is 2. The van der Waals surface area contributed by atoms with Crippen LogP contribution in [-0.4, -0.2) is 30.1 Å². The van der Waals surface area contributed by atoms with Crippen molar-refractivity contribution < 1.29 is 24.2 Å². The first kappa shape index (κ1) is 19.7. The molecule has 148 valence electrons. The highest BCUT2D eigenvalue weighted by molar-refractivity contribution is 6.03. The topological polar surface area (TPSA) is 84.9 Å². The standard InChI is InChI=1S/C22H25NO5/c1-4-11-28-22(26)19-13(3)23-15-7-6-8-17(25)21(15)20(19)14-9-10-16(24)18(12-14)27-5-2/h4,9-10,12,20,23-24H,1,5-8,11H2,2-3H3. The molecule has 28 heavy (non-hydrogen) atoms. The fourth-order valence-electron chi connectivity index (χ4n) is 3.78. The second-order valence-electron chi connectivity index (χ2n) is 6.81. The van der Waals surface area contributed by atoms with Gasteiger partial charge in [-0.1, -0.05) is 18.7 Å². The smallest absolute Gasteiger partial charge is 0.337 e. The van der Waals surface area contributed by atoms with Crippen LogP contribution in [0.3, 0.4) is 0 Å². The zero-order valence-electron chi connectivity index (χ0n) is 16.2. The van der Waals surface area contributed by atoms with E-state index in [4.69, 9.17) is 9.47 Å². The normalized spacial score (nSPS) is 19.1. The molecule has 0 bridgehead atoms. The number of aromatic hydroxyl groups is 1. The Morgan fingerprint density at radius 2 is 2.18 bits per heavy atom. The van der Waals surface area contributed by atoms with E-state index in [1.54, 1.807) is 12.1 Å². The van der Waals surface area contributed by atoms with Gasteiger partial charge >= 0.3 is 5.97 Å². The molecule has 6 heteroatoms. The van der Waals surface area contributed by atoms with E-state index in [1.165, 1.54) is 12.1 Å². The lowest BCUT2D eigenvalue weighted by Gasteiger charge is -2.34. The predicted octanol–water partition coefficient (Wildman–Crippen LogP) is 3.49. The van der Waals surface area contributed by atoms with Crippen LogP contribution in [0.25, 0.3) is 0 Å². The van der Waals surface area contributed by atoms with Crippen LogP contribution in [0, 0.1) is 0 Å². The minimum atomic E-state index is -0.568. The molecule has 1 unspecified atom stereocenters. The molecule has 0 fully saturated rings. The molecular weight excluding hydrogens is 358 g/mol. The van der Waals surface area contributed by atoms with Crippen LogP contribution in [0.15, 0.2) is 53.4 Å². The van der Waals surface area contributed by atoms with Crippen LogP contribution >= 0.6 is 0 Å². The summed E-state index contributed by atoms with van der Waals surface area (Å²) in [5.41, 5.74) is 3.21. The molecule has 1 heterocycles. The van der Waals surface area contributed by atoms with E-state index in [1.807, 2.05) is 13.8 Å². The summed E-state index contributed by atoms with van der Waals surface area (Å²) in [4.78, 5) is 25.6. The van der Waals surface area contributed by atoms with Gasteiger partial charge in [-0.15, -0.1) is 0 Å². The van der Waals surface area contributed by atoms with Crippen molar-refractivity contribution in [3.05, 3.63) is 59.0 Å². The monoisotopic (exact) mass is 383 g/mol. The van der Waals surface area contributed by atoms with Gasteiger partial charge in [0.1, 0.15) is 6.61 Å². The zero-order valence-corrected chi connectivity index (χ0v) is 16.2. The Morgan fingerprint density at radius 3 is 2.89 bits per heavy atom. The number of carbonyl (C=O) groups excluding carboxylic acids is 2. The van der Waals surface area contributed by atoms with Crippen molar-refractivity contribution in [1.29, 1.82) is 0 Å². The van der Waals surface area contributed by atoms with Gasteiger partial charge in [-0.25, -0.2) is 4.79 Å². The molecule has 0 saturated heterocycles. The maximum atomic E-state index is 12.8. The van der Waals surface area contributed by atoms with Gasteiger partial charge in [0.25, 0.3) is 0 Å². The summed E-state index contributed by atoms with van der Waals surface area (Å²) < 4.78 is 10.8. The van der Waals surface area contributed by atoms with E-state index in [0.717, 1.165) is 18.5 Å². The SMILES string of the molecule is C=CCOC(=O)C1=C(C)NC2=C(C(=O)CCC2)C1c1ccc(O)c(OCC)c1. The Hall–Kier alpha value is -3.02. The van der Waals surface area contributed by atoms with Crippen molar-refractivity contribution in [2.24, 2.45) is 0 Å². The first-order valence-corrected chi connectivity index (χ1v) is 9.45. The number of ether oxygens (including phenoxy) is 2. The number of phenols is 1. The van der Waals surface area contributed by atoms with E-state index in [2.05, 4.69) is 11.9 Å². The van der Waals surface area contributed by atoms with Gasteiger partial charge < -0.3 is 19.9 Å². The number of Topliss-reactive ketones (excluding diaryl/α,β-unsaturated/α-hetero) is 1. The molecule has 1 aliphatic heterocycles. The van der Waals surface area contributed by atoms with Crippen LogP contribution in [0.4, 0.5) is 0 Å². The number of esters is 1. The molecule has 2 aliphatic rings. The number of hydrogen-bond acceptors (Lipinski definition) is 6. The van der Waals surface area contributed by atoms with Crippen LogP contribution < -0.4 is 10.1 Å². The number of rotatable bonds is 6. The van der Waals surface area contributed by atoms with Gasteiger partial charge in [-0.05, 0) is 44.4 Å². The third-order valence-corrected chi connectivity index (χ3v) is 4.95. The number of nitrogens with one attached hydrogen (secondary N) is 1. The molecule has 0 amide bonds. The molecule has 0 aromatic heterocycles. The van der Waals surface area contributed by atoms with Crippen molar-refractivity contribution >= 4 is 11.8 Å². The average Bonchev–Trinajstić information content (AvgIpc) is 2.67. The van der Waals surface area contributed by atoms with Gasteiger partial charge in [0.05, 0.1) is 12.2 Å². The maximum Gasteiger partial charge on any atom is 0.337 e. The third-order valence-electron chi connectivity index (χ3n) is 4.95. The zero-order chi connectivity index (χ0) is 20.3. The second-order valence-corrected chi connectivity index (χ2v) is 6.81. The molecule has 1 aromatic rings. The Balaban J connectivity index is 2.14. The van der Waals surface area contributed by atoms with Gasteiger partial charge in [0.2, 0.25) is 0 Å². The molecule has 1 atom stereocenters. The van der Waals surface area contributed by atoms with E-state index in [0.29, 0.717) is 41.2 Å². The lowest BCUT2D eigenvalue weighted by molar-refractivity contribution is -0.138. The van der Waals surface area contributed by atoms with Gasteiger partial charge in [-0.2, -0.15) is 0 Å². The highest BCUT2D eigenvalue weighted by atomic mass is 16.5. The van der Waals surface area contributed by atoms with Crippen LogP contribution in [0.2, 0.25) is 0 Å². The molecule has 0 saturated carbocycles. The van der Waals surface area contributed by atoms with E-state index >= 15 is 0 Å². The predicted molar refractivity (Wildman–Crippen MR) is 105 cm³/mol. The number of ketones is 1. The van der Waals surface area contributed by atoms with E-state index < -0.39 is 11.9 Å². The Kier molecular flexibility index (Phi) is 5.87. The van der Waals surface area contributed by atoms with Crippen molar-refractivity contribution in [3.8, 4) is 11.5 Å². The van der Waals surface area contributed by atoms with Crippen LogP contribution in [0.5, 0.6) is 11.5 Å². The van der Waals surface area contributed by atoms with Crippen molar-refractivity contribution in [1.82, 2.24) is 5.32 Å². The fourth-order valence-corrected chi connectivity index (χ4v) is 3.78. The number of dihydropyridines is 1. The fraction of sp³-hybridized carbons (Fsp3) is 0.364. The lowest BCUT2D eigenvalue weighted by Crippen LogP contribution is -2.34. The van der Waals surface area contributed by atoms with Crippen LogP contribution in [0.1, 0.15) is 44.6 Å². The maximum absolute atomic E-state index is 12.8. The van der Waals surface area contributed by atoms with Crippen molar-refractivity contribution in [2.75, 3.05) is 13.2 Å². The Bertz CT molecular complexity index is 881. The number of benzene rings is 1. The first-order chi connectivity index (χ1) is 13.5. The van der Waals surface area contributed by atoms with Gasteiger partial charge in [0.15, 0.2) is 17.3 Å². The Morgan fingerprint density at radius 1 is 1.39 bits per heavy atom. The Labute approximate surface area is 164 Å². The van der Waals surface area contributed by atoms with Gasteiger partial charge in [-0.3, -0.25) is 4.79 Å². The first-order valence-electron chi connectivity index (χ1n) is 9.45. The number of hydrogen-bond donors (Lipinski definition) is 2. The summed E-state index contributed by atoms with van der Waals surface area (Å²) in [6.07, 6.45) is 3.48. The largest absolute Gasteiger partial charge is 0.504 e. The van der Waals surface area contributed by atoms with Crippen LogP contribution in [-0.2, 0) is 14.3 Å². The molecule has 2 N–H and O–H groups in total. The quantitative estimate of drug-likeness (QED) is 0.578. The molecule has 6 nitrogen and oxygen atoms in total. The summed E-state index contributed by atoms with van der Waals surface area (Å²) in [7, 11) is 0. The minimum absolute atomic E-state index is 0.0141. The number of allylic oxidation sites excluding steroid dienone is 3. The van der Waals surface area contributed by atoms with E-state index in [-0.39, 0.29) is 18.1 Å². The summed E-state index contributed by atoms with van der Waals surface area (Å²) in [6.45, 7) is 7.68. The summed E-state index contributed by atoms with van der Waals surface area (Å²) >= 11 is 0. The highest BCUT2D eigenvalue weighted by Gasteiger charge is 2.39. The molecule has 1 aliphatic carbocycles. The molecule has 0 radical (unpaired) electrons. The minimum Gasteiger partial charge on any atom is -0.504 e. The summed E-state index contributed by atoms with van der Waals surface area (Å²) in [5, 5.41) is 13.3. The lowest BCUT2D eigenvalue weighted by atomic mass is 9.75. The summed E-state index contributed by atoms with van der Waals surface area (Å²) in [6, 6.07) is 4.93. The second kappa shape index (κ2) is 8.33. The highest BCUT2D eigenvalue weighted by Crippen LogP contribution is 2.44. The molecule has 0 spiro atoms. The molecule has 1 aromatic carbocycles. The van der Waals surface area contributed by atoms with E-state index in [9.17, 15) is 14.7 Å². The summed E-state index contributed by atoms with van der Waals surface area (Å²) in [5.74, 6) is -0.709. The van der Waals surface area contributed by atoms with Crippen molar-refractivity contribution in [3.63, 3.8) is 0 Å². The van der Waals surface area contributed by atoms with Crippen molar-refractivity contribution in [2.45, 2.75) is 39.0 Å². The third kappa shape index (κ3) is 3.67. The number of phenolic OH excluding ortho intramolecular Hbond substituents is 1. The average molecular weight is 383 g/mol.